The highest BCUT2D eigenvalue weighted by Crippen LogP contribution is 2.24. The van der Waals surface area contributed by atoms with Crippen molar-refractivity contribution >= 4 is 17.2 Å². The van der Waals surface area contributed by atoms with Gasteiger partial charge in [0.05, 0.1) is 0 Å². The fraction of sp³-hybridized carbons (Fsp3) is 0.529. The van der Waals surface area contributed by atoms with Gasteiger partial charge in [0.2, 0.25) is 0 Å². The van der Waals surface area contributed by atoms with E-state index in [1.807, 2.05) is 23.9 Å². The number of hydrogen-bond donors (Lipinski definition) is 0. The molecule has 0 bridgehead atoms. The van der Waals surface area contributed by atoms with Gasteiger partial charge in [-0.3, -0.25) is 9.48 Å². The van der Waals surface area contributed by atoms with Crippen LogP contribution < -0.4 is 0 Å². The summed E-state index contributed by atoms with van der Waals surface area (Å²) in [5, 5.41) is 6.50. The van der Waals surface area contributed by atoms with Gasteiger partial charge in [0.25, 0.3) is 5.91 Å². The van der Waals surface area contributed by atoms with E-state index < -0.39 is 0 Å². The van der Waals surface area contributed by atoms with E-state index in [9.17, 15) is 4.79 Å². The predicted octanol–water partition coefficient (Wildman–Crippen LogP) is 3.59. The van der Waals surface area contributed by atoms with Gasteiger partial charge in [0, 0.05) is 30.2 Å². The Morgan fingerprint density at radius 3 is 3.05 bits per heavy atom. The lowest BCUT2D eigenvalue weighted by molar-refractivity contribution is 0.0595. The Hall–Kier alpha value is -1.62. The van der Waals surface area contributed by atoms with Crippen LogP contribution in [0.5, 0.6) is 0 Å². The van der Waals surface area contributed by atoms with Crippen molar-refractivity contribution in [3.05, 3.63) is 40.3 Å². The molecule has 0 spiro atoms. The number of likely N-dealkylation sites (tertiary alicyclic amines) is 1. The fourth-order valence-electron chi connectivity index (χ4n) is 3.13. The van der Waals surface area contributed by atoms with Crippen molar-refractivity contribution in [2.75, 3.05) is 6.54 Å². The lowest BCUT2D eigenvalue weighted by Gasteiger charge is -2.35. The molecule has 0 N–H and O–H groups in total. The van der Waals surface area contributed by atoms with Gasteiger partial charge in [0.15, 0.2) is 0 Å². The van der Waals surface area contributed by atoms with Gasteiger partial charge in [0.1, 0.15) is 5.69 Å². The minimum atomic E-state index is 0.100. The lowest BCUT2D eigenvalue weighted by atomic mass is 9.97. The summed E-state index contributed by atoms with van der Waals surface area (Å²) in [6.45, 7) is 3.70. The number of amides is 1. The van der Waals surface area contributed by atoms with Crippen molar-refractivity contribution in [2.24, 2.45) is 0 Å². The summed E-state index contributed by atoms with van der Waals surface area (Å²) in [5.74, 6) is 0.100. The van der Waals surface area contributed by atoms with Crippen LogP contribution in [0, 0.1) is 0 Å². The van der Waals surface area contributed by atoms with E-state index in [-0.39, 0.29) is 5.91 Å². The normalized spacial score (nSPS) is 18.6. The van der Waals surface area contributed by atoms with Crippen molar-refractivity contribution < 1.29 is 4.79 Å². The Balaban J connectivity index is 1.67. The highest BCUT2D eigenvalue weighted by molar-refractivity contribution is 7.09. The summed E-state index contributed by atoms with van der Waals surface area (Å²) in [7, 11) is 0. The van der Waals surface area contributed by atoms with Crippen LogP contribution in [0.2, 0.25) is 0 Å². The molecule has 1 aliphatic heterocycles. The summed E-state index contributed by atoms with van der Waals surface area (Å²) in [6, 6.07) is 6.48. The van der Waals surface area contributed by atoms with E-state index in [2.05, 4.69) is 27.5 Å². The Labute approximate surface area is 135 Å². The third-order valence-electron chi connectivity index (χ3n) is 4.38. The molecule has 2 aromatic heterocycles. The Morgan fingerprint density at radius 2 is 2.32 bits per heavy atom. The van der Waals surface area contributed by atoms with E-state index in [0.29, 0.717) is 11.7 Å². The SMILES string of the molecule is CCn1ccc(C(=O)N2CCCC[C@@H]2CCc2cccs2)n1. The van der Waals surface area contributed by atoms with Crippen LogP contribution in [-0.2, 0) is 13.0 Å². The second-order valence-corrected chi connectivity index (χ2v) is 6.86. The molecular formula is C17H23N3OS. The van der Waals surface area contributed by atoms with E-state index in [1.54, 1.807) is 11.3 Å². The molecule has 0 aliphatic carbocycles. The third kappa shape index (κ3) is 3.40. The van der Waals surface area contributed by atoms with Gasteiger partial charge in [-0.1, -0.05) is 6.07 Å². The number of carbonyl (C=O) groups is 1. The molecule has 1 amide bonds. The molecule has 3 heterocycles. The van der Waals surface area contributed by atoms with Gasteiger partial charge in [-0.15, -0.1) is 11.3 Å². The molecule has 0 aromatic carbocycles. The minimum Gasteiger partial charge on any atom is -0.334 e. The molecule has 0 unspecified atom stereocenters. The van der Waals surface area contributed by atoms with Crippen LogP contribution >= 0.6 is 11.3 Å². The maximum absolute atomic E-state index is 12.8. The van der Waals surface area contributed by atoms with Crippen LogP contribution in [0.25, 0.3) is 0 Å². The molecule has 22 heavy (non-hydrogen) atoms. The number of aryl methyl sites for hydroxylation is 2. The van der Waals surface area contributed by atoms with Crippen molar-refractivity contribution in [2.45, 2.75) is 51.6 Å². The first-order chi connectivity index (χ1) is 10.8. The Morgan fingerprint density at radius 1 is 1.41 bits per heavy atom. The van der Waals surface area contributed by atoms with E-state index in [4.69, 9.17) is 0 Å². The molecule has 4 nitrogen and oxygen atoms in total. The van der Waals surface area contributed by atoms with Crippen LogP contribution in [0.3, 0.4) is 0 Å². The summed E-state index contributed by atoms with van der Waals surface area (Å²) in [5.41, 5.74) is 0.588. The molecule has 118 valence electrons. The van der Waals surface area contributed by atoms with Crippen LogP contribution in [0.4, 0.5) is 0 Å². The highest BCUT2D eigenvalue weighted by atomic mass is 32.1. The number of nitrogens with zero attached hydrogens (tertiary/aromatic N) is 3. The molecule has 3 rings (SSSR count). The number of aromatic nitrogens is 2. The van der Waals surface area contributed by atoms with Gasteiger partial charge < -0.3 is 4.90 Å². The van der Waals surface area contributed by atoms with Crippen LogP contribution in [-0.4, -0.2) is 33.2 Å². The predicted molar refractivity (Wildman–Crippen MR) is 89.2 cm³/mol. The summed E-state index contributed by atoms with van der Waals surface area (Å²) < 4.78 is 1.82. The third-order valence-corrected chi connectivity index (χ3v) is 5.31. The van der Waals surface area contributed by atoms with Crippen molar-refractivity contribution in [1.29, 1.82) is 0 Å². The standard InChI is InChI=1S/C17H23N3OS/c1-2-19-12-10-16(18-19)17(21)20-11-4-3-6-14(20)8-9-15-7-5-13-22-15/h5,7,10,12-14H,2-4,6,8-9,11H2,1H3/t14-/m1/s1. The summed E-state index contributed by atoms with van der Waals surface area (Å²) >= 11 is 1.80. The molecule has 1 fully saturated rings. The first-order valence-corrected chi connectivity index (χ1v) is 9.02. The van der Waals surface area contributed by atoms with Gasteiger partial charge in [-0.05, 0) is 56.5 Å². The average Bonchev–Trinajstić information content (AvgIpc) is 3.24. The zero-order valence-electron chi connectivity index (χ0n) is 13.1. The molecule has 1 saturated heterocycles. The van der Waals surface area contributed by atoms with Gasteiger partial charge in [-0.2, -0.15) is 5.10 Å². The van der Waals surface area contributed by atoms with E-state index in [1.165, 1.54) is 11.3 Å². The maximum Gasteiger partial charge on any atom is 0.274 e. The number of rotatable bonds is 5. The second-order valence-electron chi connectivity index (χ2n) is 5.82. The fourth-order valence-corrected chi connectivity index (χ4v) is 3.86. The molecule has 0 saturated carbocycles. The van der Waals surface area contributed by atoms with Crippen molar-refractivity contribution in [3.63, 3.8) is 0 Å². The first-order valence-electron chi connectivity index (χ1n) is 8.14. The zero-order valence-corrected chi connectivity index (χ0v) is 13.9. The molecule has 0 radical (unpaired) electrons. The minimum absolute atomic E-state index is 0.100. The zero-order chi connectivity index (χ0) is 15.4. The molecule has 1 atom stereocenters. The van der Waals surface area contributed by atoms with Gasteiger partial charge in [-0.25, -0.2) is 0 Å². The van der Waals surface area contributed by atoms with Gasteiger partial charge >= 0.3 is 0 Å². The number of thiophene rings is 1. The molecule has 1 aliphatic rings. The van der Waals surface area contributed by atoms with Crippen LogP contribution in [0.1, 0.15) is 48.0 Å². The smallest absolute Gasteiger partial charge is 0.274 e. The Kier molecular flexibility index (Phi) is 4.93. The monoisotopic (exact) mass is 317 g/mol. The molecular weight excluding hydrogens is 294 g/mol. The Bertz CT molecular complexity index is 605. The maximum atomic E-state index is 12.8. The van der Waals surface area contributed by atoms with Crippen molar-refractivity contribution in [1.82, 2.24) is 14.7 Å². The summed E-state index contributed by atoms with van der Waals surface area (Å²) in [4.78, 5) is 16.2. The average molecular weight is 317 g/mol. The first kappa shape index (κ1) is 15.3. The topological polar surface area (TPSA) is 38.1 Å². The lowest BCUT2D eigenvalue weighted by Crippen LogP contribution is -2.44. The molecule has 2 aromatic rings. The number of piperidine rings is 1. The number of carbonyl (C=O) groups excluding carboxylic acids is 1. The van der Waals surface area contributed by atoms with E-state index in [0.717, 1.165) is 38.8 Å². The van der Waals surface area contributed by atoms with E-state index >= 15 is 0 Å². The summed E-state index contributed by atoms with van der Waals surface area (Å²) in [6.07, 6.45) is 7.46. The molecule has 5 heteroatoms. The van der Waals surface area contributed by atoms with Crippen molar-refractivity contribution in [3.8, 4) is 0 Å². The van der Waals surface area contributed by atoms with Crippen LogP contribution in [0.15, 0.2) is 29.8 Å². The second kappa shape index (κ2) is 7.09. The quantitative estimate of drug-likeness (QED) is 0.845. The highest BCUT2D eigenvalue weighted by Gasteiger charge is 2.28. The number of hydrogen-bond acceptors (Lipinski definition) is 3. The largest absolute Gasteiger partial charge is 0.334 e.